The van der Waals surface area contributed by atoms with Crippen molar-refractivity contribution in [3.8, 4) is 0 Å². The van der Waals surface area contributed by atoms with E-state index in [9.17, 15) is 19.2 Å². The van der Waals surface area contributed by atoms with Crippen LogP contribution in [-0.4, -0.2) is 84.2 Å². The van der Waals surface area contributed by atoms with E-state index in [0.717, 1.165) is 37.7 Å². The van der Waals surface area contributed by atoms with Crippen LogP contribution >= 0.6 is 0 Å². The van der Waals surface area contributed by atoms with Gasteiger partial charge in [-0.15, -0.1) is 0 Å². The number of carbonyl (C=O) groups excluding carboxylic acids is 4. The first-order valence-corrected chi connectivity index (χ1v) is 15.5. The van der Waals surface area contributed by atoms with Gasteiger partial charge in [-0.25, -0.2) is 14.6 Å². The van der Waals surface area contributed by atoms with Crippen molar-refractivity contribution in [1.82, 2.24) is 15.3 Å². The summed E-state index contributed by atoms with van der Waals surface area (Å²) in [4.78, 5) is 52.3. The molecule has 1 aromatic rings. The molecule has 232 valence electrons. The van der Waals surface area contributed by atoms with Crippen molar-refractivity contribution in [1.29, 1.82) is 0 Å². The van der Waals surface area contributed by atoms with Gasteiger partial charge in [0.1, 0.15) is 18.2 Å². The molecule has 0 radical (unpaired) electrons. The number of ether oxygens (including phenoxy) is 4. The zero-order chi connectivity index (χ0) is 29.9. The van der Waals surface area contributed by atoms with Gasteiger partial charge in [0.05, 0.1) is 12.6 Å². The van der Waals surface area contributed by atoms with E-state index in [1.807, 2.05) is 35.3 Å². The van der Waals surface area contributed by atoms with Crippen LogP contribution < -0.4 is 5.32 Å². The monoisotopic (exact) mass is 587 g/mol. The molecule has 2 heterocycles. The van der Waals surface area contributed by atoms with Crippen LogP contribution in [0.5, 0.6) is 0 Å². The molecule has 1 saturated carbocycles. The highest BCUT2D eigenvalue weighted by Crippen LogP contribution is 2.26. The van der Waals surface area contributed by atoms with Gasteiger partial charge in [0, 0.05) is 20.0 Å². The van der Waals surface area contributed by atoms with Crippen LogP contribution in [0.2, 0.25) is 0 Å². The average molecular weight is 588 g/mol. The Morgan fingerprint density at radius 2 is 1.67 bits per heavy atom. The maximum absolute atomic E-state index is 13.9. The third-order valence-electron chi connectivity index (χ3n) is 8.10. The molecule has 2 unspecified atom stereocenters. The molecule has 1 amide bonds. The van der Waals surface area contributed by atoms with Crippen LogP contribution in [0.25, 0.3) is 0 Å². The summed E-state index contributed by atoms with van der Waals surface area (Å²) in [6.45, 7) is 4.69. The zero-order valence-corrected chi connectivity index (χ0v) is 24.8. The Hall–Kier alpha value is -3.18. The second-order valence-electron chi connectivity index (χ2n) is 11.2. The van der Waals surface area contributed by atoms with Gasteiger partial charge in [0.2, 0.25) is 6.29 Å². The first-order valence-electron chi connectivity index (χ1n) is 15.5. The molecule has 3 aliphatic rings. The third-order valence-corrected chi connectivity index (χ3v) is 8.10. The highest BCUT2D eigenvalue weighted by molar-refractivity contribution is 5.88. The van der Waals surface area contributed by atoms with Gasteiger partial charge in [-0.1, -0.05) is 36.8 Å². The first kappa shape index (κ1) is 31.7. The van der Waals surface area contributed by atoms with Crippen LogP contribution in [0, 0.1) is 0 Å². The molecule has 0 bridgehead atoms. The summed E-state index contributed by atoms with van der Waals surface area (Å²) in [6.07, 6.45) is 6.02. The number of nitrogens with one attached hydrogen (secondary N) is 1. The maximum Gasteiger partial charge on any atom is 0.511 e. The number of nitrogens with zero attached hydrogens (tertiary/aromatic N) is 2. The third kappa shape index (κ3) is 8.91. The second kappa shape index (κ2) is 15.9. The SMILES string of the molecule is CCOC(=O)[C@H](CCc1ccccc1)NC1CCCN2CCC[C@@H](C(=O)OC(C)OC(=O)OC3CCCCC3)N2C1=O. The summed E-state index contributed by atoms with van der Waals surface area (Å²) in [6, 6.07) is 7.63. The number of fused-ring (bicyclic) bond motifs is 1. The summed E-state index contributed by atoms with van der Waals surface area (Å²) in [5.74, 6) is -1.32. The summed E-state index contributed by atoms with van der Waals surface area (Å²) in [7, 11) is 0. The molecule has 42 heavy (non-hydrogen) atoms. The van der Waals surface area contributed by atoms with E-state index in [0.29, 0.717) is 51.6 Å². The number of hydrogen-bond donors (Lipinski definition) is 1. The Bertz CT molecular complexity index is 1050. The second-order valence-corrected chi connectivity index (χ2v) is 11.2. The molecule has 1 N–H and O–H groups in total. The summed E-state index contributed by atoms with van der Waals surface area (Å²) >= 11 is 0. The molecule has 4 atom stereocenters. The van der Waals surface area contributed by atoms with Gasteiger partial charge in [0.15, 0.2) is 0 Å². The summed E-state index contributed by atoms with van der Waals surface area (Å²) in [5.41, 5.74) is 1.09. The predicted molar refractivity (Wildman–Crippen MR) is 153 cm³/mol. The maximum atomic E-state index is 13.9. The molecule has 11 nitrogen and oxygen atoms in total. The Morgan fingerprint density at radius 3 is 2.38 bits per heavy atom. The van der Waals surface area contributed by atoms with E-state index in [1.165, 1.54) is 11.9 Å². The fourth-order valence-electron chi connectivity index (χ4n) is 6.00. The number of benzene rings is 1. The van der Waals surface area contributed by atoms with E-state index >= 15 is 0 Å². The van der Waals surface area contributed by atoms with Gasteiger partial charge in [-0.2, -0.15) is 0 Å². The highest BCUT2D eigenvalue weighted by atomic mass is 16.8. The van der Waals surface area contributed by atoms with Gasteiger partial charge >= 0.3 is 18.1 Å². The topological polar surface area (TPSA) is 124 Å². The molecule has 1 aliphatic carbocycles. The minimum Gasteiger partial charge on any atom is -0.465 e. The number of hydrogen-bond acceptors (Lipinski definition) is 10. The van der Waals surface area contributed by atoms with Crippen LogP contribution in [0.4, 0.5) is 4.79 Å². The molecule has 1 aromatic carbocycles. The Morgan fingerprint density at radius 1 is 0.952 bits per heavy atom. The normalized spacial score (nSPS) is 23.2. The Balaban J connectivity index is 1.38. The zero-order valence-electron chi connectivity index (χ0n) is 24.8. The number of hydrazine groups is 1. The van der Waals surface area contributed by atoms with Crippen molar-refractivity contribution in [2.45, 2.75) is 115 Å². The lowest BCUT2D eigenvalue weighted by Crippen LogP contribution is -2.62. The number of rotatable bonds is 11. The van der Waals surface area contributed by atoms with Gasteiger partial charge in [-0.3, -0.25) is 19.9 Å². The summed E-state index contributed by atoms with van der Waals surface area (Å²) in [5, 5.41) is 6.65. The number of carbonyl (C=O) groups is 4. The van der Waals surface area contributed by atoms with E-state index in [2.05, 4.69) is 5.32 Å². The van der Waals surface area contributed by atoms with Crippen LogP contribution in [0.1, 0.15) is 83.6 Å². The fourth-order valence-corrected chi connectivity index (χ4v) is 6.00. The van der Waals surface area contributed by atoms with Crippen molar-refractivity contribution in [3.05, 3.63) is 35.9 Å². The molecular weight excluding hydrogens is 542 g/mol. The Kier molecular flexibility index (Phi) is 12.0. The molecule has 11 heteroatoms. The molecular formula is C31H45N3O8. The fraction of sp³-hybridized carbons (Fsp3) is 0.677. The minimum absolute atomic E-state index is 0.175. The van der Waals surface area contributed by atoms with E-state index in [-0.39, 0.29) is 18.6 Å². The van der Waals surface area contributed by atoms with Gasteiger partial charge in [-0.05, 0) is 76.7 Å². The van der Waals surface area contributed by atoms with E-state index < -0.39 is 42.5 Å². The van der Waals surface area contributed by atoms with Crippen molar-refractivity contribution in [2.24, 2.45) is 0 Å². The van der Waals surface area contributed by atoms with Crippen LogP contribution in [0.3, 0.4) is 0 Å². The van der Waals surface area contributed by atoms with E-state index in [4.69, 9.17) is 18.9 Å². The van der Waals surface area contributed by atoms with Crippen molar-refractivity contribution in [3.63, 3.8) is 0 Å². The molecule has 2 saturated heterocycles. The summed E-state index contributed by atoms with van der Waals surface area (Å²) < 4.78 is 21.4. The van der Waals surface area contributed by atoms with Gasteiger partial charge in [0.25, 0.3) is 5.91 Å². The lowest BCUT2D eigenvalue weighted by Gasteiger charge is -2.43. The smallest absolute Gasteiger partial charge is 0.465 e. The van der Waals surface area contributed by atoms with Gasteiger partial charge < -0.3 is 18.9 Å². The first-order chi connectivity index (χ1) is 20.4. The quantitative estimate of drug-likeness (QED) is 0.232. The molecule has 3 fully saturated rings. The largest absolute Gasteiger partial charge is 0.511 e. The molecule has 0 spiro atoms. The standard InChI is InChI=1S/C31H45N3O8/c1-3-39-29(36)26(19-18-23-12-6-4-7-13-23)32-25-16-10-20-33-21-11-17-27(34(33)28(25)35)30(37)40-22(2)41-31(38)42-24-14-8-5-9-15-24/h4,6-7,12-13,22,24-27,32H,3,5,8-11,14-21H2,1-2H3/t22?,25?,26-,27-/m0/s1. The van der Waals surface area contributed by atoms with Crippen molar-refractivity contribution >= 4 is 24.0 Å². The van der Waals surface area contributed by atoms with E-state index in [1.54, 1.807) is 6.92 Å². The van der Waals surface area contributed by atoms with Crippen molar-refractivity contribution < 1.29 is 38.1 Å². The minimum atomic E-state index is -1.16. The molecule has 2 aliphatic heterocycles. The molecule has 4 rings (SSSR count). The molecule has 0 aromatic heterocycles. The average Bonchev–Trinajstić information content (AvgIpc) is 3.14. The lowest BCUT2D eigenvalue weighted by atomic mass is 9.98. The lowest BCUT2D eigenvalue weighted by molar-refractivity contribution is -0.192. The highest BCUT2D eigenvalue weighted by Gasteiger charge is 2.43. The van der Waals surface area contributed by atoms with Crippen molar-refractivity contribution in [2.75, 3.05) is 19.7 Å². The number of amides is 1. The van der Waals surface area contributed by atoms with Crippen LogP contribution in [-0.2, 0) is 39.8 Å². The number of aryl methyl sites for hydroxylation is 1. The van der Waals surface area contributed by atoms with Crippen LogP contribution in [0.15, 0.2) is 30.3 Å². The predicted octanol–water partition coefficient (Wildman–Crippen LogP) is 3.89. The number of esters is 2. The Labute approximate surface area is 248 Å².